The maximum Gasteiger partial charge on any atom is 0.0110 e. The zero-order chi connectivity index (χ0) is 17.4. The van der Waals surface area contributed by atoms with Gasteiger partial charge < -0.3 is 19.6 Å². The summed E-state index contributed by atoms with van der Waals surface area (Å²) < 4.78 is 0. The Hall–Kier alpha value is -0.160. The molecule has 0 N–H and O–H groups in total. The van der Waals surface area contributed by atoms with Crippen molar-refractivity contribution in [2.45, 2.75) is 47.0 Å². The molecule has 4 heteroatoms. The summed E-state index contributed by atoms with van der Waals surface area (Å²) in [7, 11) is 0. The van der Waals surface area contributed by atoms with Crippen molar-refractivity contribution in [2.24, 2.45) is 5.41 Å². The van der Waals surface area contributed by atoms with Crippen LogP contribution in [-0.4, -0.2) is 98.1 Å². The molecule has 0 aromatic rings. The second-order valence-electron chi connectivity index (χ2n) is 9.02. The first-order chi connectivity index (χ1) is 11.5. The maximum absolute atomic E-state index is 2.73. The highest BCUT2D eigenvalue weighted by Gasteiger charge is 2.19. The van der Waals surface area contributed by atoms with Gasteiger partial charge in [-0.3, -0.25) is 0 Å². The quantitative estimate of drug-likeness (QED) is 0.767. The summed E-state index contributed by atoms with van der Waals surface area (Å²) in [4.78, 5) is 10.8. The van der Waals surface area contributed by atoms with Crippen LogP contribution in [0.4, 0.5) is 0 Å². The molecule has 0 aromatic heterocycles. The van der Waals surface area contributed by atoms with Crippen molar-refractivity contribution in [3.8, 4) is 0 Å². The summed E-state index contributed by atoms with van der Waals surface area (Å²) in [5.41, 5.74) is 0.401. The highest BCUT2D eigenvalue weighted by Crippen LogP contribution is 2.16. The van der Waals surface area contributed by atoms with E-state index in [4.69, 9.17) is 0 Å². The molecule has 0 spiro atoms. The van der Waals surface area contributed by atoms with Crippen LogP contribution in [0.25, 0.3) is 0 Å². The lowest BCUT2D eigenvalue weighted by Gasteiger charge is -2.33. The zero-order valence-electron chi connectivity index (χ0n) is 16.9. The van der Waals surface area contributed by atoms with Gasteiger partial charge in [0.2, 0.25) is 0 Å². The van der Waals surface area contributed by atoms with Gasteiger partial charge in [-0.05, 0) is 70.5 Å². The van der Waals surface area contributed by atoms with E-state index in [0.29, 0.717) is 5.41 Å². The highest BCUT2D eigenvalue weighted by atomic mass is 15.2. The summed E-state index contributed by atoms with van der Waals surface area (Å²) in [6.07, 6.45) is 3.99. The second kappa shape index (κ2) is 10.1. The first-order valence-corrected chi connectivity index (χ1v) is 10.4. The second-order valence-corrected chi connectivity index (χ2v) is 9.02. The van der Waals surface area contributed by atoms with Crippen LogP contribution in [0.1, 0.15) is 47.0 Å². The molecule has 0 amide bonds. The fourth-order valence-electron chi connectivity index (χ4n) is 4.16. The van der Waals surface area contributed by atoms with Crippen LogP contribution in [0.15, 0.2) is 0 Å². The van der Waals surface area contributed by atoms with Crippen molar-refractivity contribution in [3.05, 3.63) is 0 Å². The molecule has 2 fully saturated rings. The van der Waals surface area contributed by atoms with Crippen molar-refractivity contribution >= 4 is 0 Å². The Labute approximate surface area is 151 Å². The van der Waals surface area contributed by atoms with Crippen molar-refractivity contribution < 1.29 is 0 Å². The van der Waals surface area contributed by atoms with Crippen LogP contribution in [-0.2, 0) is 0 Å². The van der Waals surface area contributed by atoms with Crippen LogP contribution in [0.3, 0.4) is 0 Å². The zero-order valence-corrected chi connectivity index (χ0v) is 16.9. The van der Waals surface area contributed by atoms with Gasteiger partial charge in [0.25, 0.3) is 0 Å². The smallest absolute Gasteiger partial charge is 0.0110 e. The van der Waals surface area contributed by atoms with Gasteiger partial charge in [-0.25, -0.2) is 0 Å². The van der Waals surface area contributed by atoms with Gasteiger partial charge in [0.05, 0.1) is 0 Å². The lowest BCUT2D eigenvalue weighted by atomic mass is 9.96. The molecular formula is C20H42N4. The van der Waals surface area contributed by atoms with E-state index in [2.05, 4.69) is 47.3 Å². The molecule has 2 atom stereocenters. The monoisotopic (exact) mass is 338 g/mol. The SMILES string of the molecule is CCN1CCCN2CCCN(CCCN(CC(C)(C)C)CC2)CC1. The van der Waals surface area contributed by atoms with E-state index in [-0.39, 0.29) is 0 Å². The third kappa shape index (κ3) is 7.81. The van der Waals surface area contributed by atoms with E-state index in [1.807, 2.05) is 0 Å². The average Bonchev–Trinajstić information content (AvgIpc) is 2.58. The fourth-order valence-corrected chi connectivity index (χ4v) is 4.16. The normalized spacial score (nSPS) is 30.0. The van der Waals surface area contributed by atoms with Crippen molar-refractivity contribution in [2.75, 3.05) is 78.5 Å². The third-order valence-corrected chi connectivity index (χ3v) is 5.46. The van der Waals surface area contributed by atoms with Gasteiger partial charge in [0.15, 0.2) is 0 Å². The van der Waals surface area contributed by atoms with Crippen LogP contribution < -0.4 is 0 Å². The molecule has 2 rings (SSSR count). The van der Waals surface area contributed by atoms with Crippen molar-refractivity contribution in [1.82, 2.24) is 19.6 Å². The molecule has 24 heavy (non-hydrogen) atoms. The van der Waals surface area contributed by atoms with Gasteiger partial charge in [-0.15, -0.1) is 0 Å². The maximum atomic E-state index is 2.73. The molecule has 0 aliphatic carbocycles. The Morgan fingerprint density at radius 3 is 1.54 bits per heavy atom. The van der Waals surface area contributed by atoms with E-state index < -0.39 is 0 Å². The predicted molar refractivity (Wildman–Crippen MR) is 105 cm³/mol. The number of fused-ring (bicyclic) bond motifs is 4. The van der Waals surface area contributed by atoms with Crippen LogP contribution in [0.2, 0.25) is 0 Å². The summed E-state index contributed by atoms with van der Waals surface area (Å²) in [6, 6.07) is 0. The number of nitrogens with zero attached hydrogens (tertiary/aromatic N) is 4. The van der Waals surface area contributed by atoms with Gasteiger partial charge in [0.1, 0.15) is 0 Å². The van der Waals surface area contributed by atoms with Crippen LogP contribution in [0, 0.1) is 5.41 Å². The molecule has 0 saturated carbocycles. The fraction of sp³-hybridized carbons (Fsp3) is 1.00. The lowest BCUT2D eigenvalue weighted by molar-refractivity contribution is 0.151. The minimum absolute atomic E-state index is 0.401. The standard InChI is InChI=1S/C20H42N4/c1-5-21-9-6-10-23-12-7-11-22(16-15-21)13-8-14-24(18-17-23)19-20(2,3)4/h5-19H2,1-4H3. The van der Waals surface area contributed by atoms with Crippen LogP contribution >= 0.6 is 0 Å². The number of hydrogen-bond donors (Lipinski definition) is 0. The Balaban J connectivity index is 2.01. The number of hydrogen-bond acceptors (Lipinski definition) is 4. The molecule has 2 heterocycles. The molecule has 2 aliphatic rings. The van der Waals surface area contributed by atoms with Gasteiger partial charge in [-0.1, -0.05) is 27.7 Å². The van der Waals surface area contributed by atoms with E-state index in [1.165, 1.54) is 97.8 Å². The summed E-state index contributed by atoms with van der Waals surface area (Å²) in [5.74, 6) is 0. The first-order valence-electron chi connectivity index (χ1n) is 10.4. The lowest BCUT2D eigenvalue weighted by Crippen LogP contribution is -2.41. The van der Waals surface area contributed by atoms with E-state index in [1.54, 1.807) is 0 Å². The van der Waals surface area contributed by atoms with Gasteiger partial charge in [0, 0.05) is 32.7 Å². The minimum Gasteiger partial charge on any atom is -0.302 e. The van der Waals surface area contributed by atoms with Crippen molar-refractivity contribution in [1.29, 1.82) is 0 Å². The number of rotatable bonds is 2. The first kappa shape index (κ1) is 20.2. The third-order valence-electron chi connectivity index (χ3n) is 5.46. The van der Waals surface area contributed by atoms with Crippen LogP contribution in [0.5, 0.6) is 0 Å². The summed E-state index contributed by atoms with van der Waals surface area (Å²) in [6.45, 7) is 24.5. The highest BCUT2D eigenvalue weighted by molar-refractivity contribution is 4.75. The van der Waals surface area contributed by atoms with Gasteiger partial charge >= 0.3 is 0 Å². The van der Waals surface area contributed by atoms with E-state index in [0.717, 1.165) is 0 Å². The Morgan fingerprint density at radius 2 is 1.04 bits per heavy atom. The topological polar surface area (TPSA) is 13.0 Å². The summed E-state index contributed by atoms with van der Waals surface area (Å²) in [5, 5.41) is 0. The largest absolute Gasteiger partial charge is 0.302 e. The van der Waals surface area contributed by atoms with Crippen molar-refractivity contribution in [3.63, 3.8) is 0 Å². The Morgan fingerprint density at radius 1 is 0.583 bits per heavy atom. The Bertz CT molecular complexity index is 339. The van der Waals surface area contributed by atoms with E-state index >= 15 is 0 Å². The predicted octanol–water partition coefficient (Wildman–Crippen LogP) is 2.46. The molecule has 0 radical (unpaired) electrons. The van der Waals surface area contributed by atoms with E-state index in [9.17, 15) is 0 Å². The molecule has 2 bridgehead atoms. The molecule has 2 aliphatic heterocycles. The van der Waals surface area contributed by atoms with Gasteiger partial charge in [-0.2, -0.15) is 0 Å². The number of likely N-dealkylation sites (N-methyl/N-ethyl adjacent to an activating group) is 1. The Kier molecular flexibility index (Phi) is 8.48. The molecule has 4 nitrogen and oxygen atoms in total. The molecule has 142 valence electrons. The molecule has 2 unspecified atom stereocenters. The molecular weight excluding hydrogens is 296 g/mol. The molecule has 0 aromatic carbocycles. The summed E-state index contributed by atoms with van der Waals surface area (Å²) >= 11 is 0. The average molecular weight is 339 g/mol. The minimum atomic E-state index is 0.401. The molecule has 2 saturated heterocycles.